The summed E-state index contributed by atoms with van der Waals surface area (Å²) in [4.78, 5) is 10.5. The Balaban J connectivity index is 2.30. The lowest BCUT2D eigenvalue weighted by molar-refractivity contribution is 0.249. The maximum absolute atomic E-state index is 12.9. The summed E-state index contributed by atoms with van der Waals surface area (Å²) in [6.45, 7) is 0. The molecule has 20 heavy (non-hydrogen) atoms. The van der Waals surface area contributed by atoms with Crippen LogP contribution in [0.3, 0.4) is 0 Å². The van der Waals surface area contributed by atoms with Crippen LogP contribution in [0.5, 0.6) is 5.75 Å². The van der Waals surface area contributed by atoms with E-state index in [9.17, 15) is 14.3 Å². The Morgan fingerprint density at radius 3 is 2.50 bits per heavy atom. The third-order valence-electron chi connectivity index (χ3n) is 2.58. The molecule has 4 N–H and O–H groups in total. The molecular formula is C14H12FN3O2. The van der Waals surface area contributed by atoms with E-state index >= 15 is 0 Å². The van der Waals surface area contributed by atoms with Crippen molar-refractivity contribution in [2.45, 2.75) is 0 Å². The number of amides is 2. The molecule has 102 valence electrons. The van der Waals surface area contributed by atoms with Crippen LogP contribution < -0.4 is 11.2 Å². The number of primary amides is 1. The van der Waals surface area contributed by atoms with Crippen LogP contribution >= 0.6 is 0 Å². The minimum Gasteiger partial charge on any atom is -0.507 e. The van der Waals surface area contributed by atoms with Gasteiger partial charge in [-0.1, -0.05) is 18.2 Å². The van der Waals surface area contributed by atoms with Gasteiger partial charge in [-0.25, -0.2) is 14.6 Å². The van der Waals surface area contributed by atoms with E-state index < -0.39 is 6.03 Å². The van der Waals surface area contributed by atoms with Gasteiger partial charge in [0.2, 0.25) is 0 Å². The molecule has 0 radical (unpaired) electrons. The van der Waals surface area contributed by atoms with Crippen LogP contribution in [-0.4, -0.2) is 17.4 Å². The predicted octanol–water partition coefficient (Wildman–Crippen LogP) is 2.20. The fraction of sp³-hybridized carbons (Fsp3) is 0. The number of nitrogens with zero attached hydrogens (tertiary/aromatic N) is 1. The molecule has 2 aromatic rings. The second-order valence-corrected chi connectivity index (χ2v) is 4.01. The summed E-state index contributed by atoms with van der Waals surface area (Å²) in [6.07, 6.45) is 1.27. The lowest BCUT2D eigenvalue weighted by Crippen LogP contribution is -2.24. The highest BCUT2D eigenvalue weighted by molar-refractivity contribution is 5.87. The van der Waals surface area contributed by atoms with Gasteiger partial charge in [-0.2, -0.15) is 5.10 Å². The number of nitrogens with one attached hydrogen (secondary N) is 1. The average Bonchev–Trinajstić information content (AvgIpc) is 2.41. The van der Waals surface area contributed by atoms with E-state index in [4.69, 9.17) is 5.73 Å². The van der Waals surface area contributed by atoms with Crippen LogP contribution in [0, 0.1) is 5.82 Å². The van der Waals surface area contributed by atoms with Crippen molar-refractivity contribution in [1.29, 1.82) is 0 Å². The third-order valence-corrected chi connectivity index (χ3v) is 2.58. The topological polar surface area (TPSA) is 87.7 Å². The lowest BCUT2D eigenvalue weighted by Gasteiger charge is -2.05. The Labute approximate surface area is 114 Å². The van der Waals surface area contributed by atoms with Gasteiger partial charge in [-0.05, 0) is 35.4 Å². The van der Waals surface area contributed by atoms with E-state index in [0.29, 0.717) is 5.56 Å². The molecule has 0 spiro atoms. The number of phenols is 1. The molecule has 0 aliphatic heterocycles. The van der Waals surface area contributed by atoms with Gasteiger partial charge >= 0.3 is 6.03 Å². The molecule has 2 rings (SSSR count). The van der Waals surface area contributed by atoms with Crippen LogP contribution in [0.4, 0.5) is 9.18 Å². The minimum absolute atomic E-state index is 0.00545. The van der Waals surface area contributed by atoms with Gasteiger partial charge in [0.05, 0.1) is 6.21 Å². The van der Waals surface area contributed by atoms with E-state index in [-0.39, 0.29) is 11.6 Å². The molecule has 0 heterocycles. The van der Waals surface area contributed by atoms with E-state index in [1.165, 1.54) is 24.4 Å². The van der Waals surface area contributed by atoms with Crippen molar-refractivity contribution in [2.75, 3.05) is 0 Å². The molecule has 2 aromatic carbocycles. The number of benzene rings is 2. The first-order chi connectivity index (χ1) is 9.56. The Morgan fingerprint density at radius 2 is 1.85 bits per heavy atom. The SMILES string of the molecule is NC(=O)NN=Cc1cc(-c2ccc(F)cc2)ccc1O. The molecule has 0 aliphatic carbocycles. The van der Waals surface area contributed by atoms with Crippen LogP contribution in [0.2, 0.25) is 0 Å². The molecule has 0 unspecified atom stereocenters. The summed E-state index contributed by atoms with van der Waals surface area (Å²) in [5.41, 5.74) is 8.88. The molecule has 2 amide bonds. The molecule has 0 fully saturated rings. The van der Waals surface area contributed by atoms with E-state index in [2.05, 4.69) is 5.10 Å². The standard InChI is InChI=1S/C14H12FN3O2/c15-12-4-1-9(2-5-12)10-3-6-13(19)11(7-10)8-17-18-14(16)20/h1-8,19H,(H3,16,18,20). The average molecular weight is 273 g/mol. The Hall–Kier alpha value is -2.89. The first-order valence-electron chi connectivity index (χ1n) is 5.74. The largest absolute Gasteiger partial charge is 0.507 e. The third kappa shape index (κ3) is 3.32. The summed E-state index contributed by atoms with van der Waals surface area (Å²) in [7, 11) is 0. The number of hydrogen-bond acceptors (Lipinski definition) is 3. The molecule has 5 nitrogen and oxygen atoms in total. The van der Waals surface area contributed by atoms with Gasteiger partial charge in [0.25, 0.3) is 0 Å². The van der Waals surface area contributed by atoms with Crippen LogP contribution in [0.25, 0.3) is 11.1 Å². The molecule has 0 atom stereocenters. The normalized spacial score (nSPS) is 10.7. The van der Waals surface area contributed by atoms with Gasteiger partial charge in [0.1, 0.15) is 11.6 Å². The first kappa shape index (κ1) is 13.5. The highest BCUT2D eigenvalue weighted by Gasteiger charge is 2.03. The summed E-state index contributed by atoms with van der Waals surface area (Å²) < 4.78 is 12.9. The first-order valence-corrected chi connectivity index (χ1v) is 5.74. The lowest BCUT2D eigenvalue weighted by atomic mass is 10.0. The highest BCUT2D eigenvalue weighted by atomic mass is 19.1. The highest BCUT2D eigenvalue weighted by Crippen LogP contribution is 2.25. The van der Waals surface area contributed by atoms with Gasteiger partial charge < -0.3 is 10.8 Å². The van der Waals surface area contributed by atoms with Gasteiger partial charge in [-0.3, -0.25) is 0 Å². The number of nitrogens with two attached hydrogens (primary N) is 1. The Morgan fingerprint density at radius 1 is 1.20 bits per heavy atom. The van der Waals surface area contributed by atoms with Crippen molar-refractivity contribution in [3.05, 3.63) is 53.8 Å². The predicted molar refractivity (Wildman–Crippen MR) is 73.8 cm³/mol. The van der Waals surface area contributed by atoms with Crippen LogP contribution in [-0.2, 0) is 0 Å². The summed E-state index contributed by atoms with van der Waals surface area (Å²) in [5.74, 6) is -0.314. The number of halogens is 1. The van der Waals surface area contributed by atoms with E-state index in [0.717, 1.165) is 11.1 Å². The van der Waals surface area contributed by atoms with Gasteiger partial charge in [0.15, 0.2) is 0 Å². The number of hydrazone groups is 1. The second kappa shape index (κ2) is 5.83. The fourth-order valence-electron chi connectivity index (χ4n) is 1.65. The Bertz CT molecular complexity index is 654. The van der Waals surface area contributed by atoms with Gasteiger partial charge in [-0.15, -0.1) is 0 Å². The molecular weight excluding hydrogens is 261 g/mol. The van der Waals surface area contributed by atoms with Crippen molar-refractivity contribution >= 4 is 12.2 Å². The second-order valence-electron chi connectivity index (χ2n) is 4.01. The van der Waals surface area contributed by atoms with Crippen molar-refractivity contribution in [1.82, 2.24) is 5.43 Å². The van der Waals surface area contributed by atoms with Crippen molar-refractivity contribution in [3.63, 3.8) is 0 Å². The zero-order valence-electron chi connectivity index (χ0n) is 10.4. The smallest absolute Gasteiger partial charge is 0.332 e. The molecule has 6 heteroatoms. The van der Waals surface area contributed by atoms with E-state index in [1.807, 2.05) is 5.43 Å². The number of urea groups is 1. The zero-order valence-corrected chi connectivity index (χ0v) is 10.4. The van der Waals surface area contributed by atoms with Crippen molar-refractivity contribution in [2.24, 2.45) is 10.8 Å². The molecule has 0 saturated heterocycles. The number of rotatable bonds is 3. The molecule has 0 bridgehead atoms. The summed E-state index contributed by atoms with van der Waals surface area (Å²) >= 11 is 0. The fourth-order valence-corrected chi connectivity index (χ4v) is 1.65. The zero-order chi connectivity index (χ0) is 14.5. The van der Waals surface area contributed by atoms with Crippen molar-refractivity contribution < 1.29 is 14.3 Å². The maximum Gasteiger partial charge on any atom is 0.332 e. The molecule has 0 saturated carbocycles. The van der Waals surface area contributed by atoms with Crippen molar-refractivity contribution in [3.8, 4) is 16.9 Å². The Kier molecular flexibility index (Phi) is 3.95. The summed E-state index contributed by atoms with van der Waals surface area (Å²) in [5, 5.41) is 13.3. The molecule has 0 aromatic heterocycles. The number of hydrogen-bond donors (Lipinski definition) is 3. The quantitative estimate of drug-likeness (QED) is 0.591. The monoisotopic (exact) mass is 273 g/mol. The van der Waals surface area contributed by atoms with Gasteiger partial charge in [0, 0.05) is 5.56 Å². The number of phenolic OH excluding ortho intramolecular Hbond substituents is 1. The number of carbonyl (C=O) groups excluding carboxylic acids is 1. The number of aromatic hydroxyl groups is 1. The number of carbonyl (C=O) groups is 1. The van der Waals surface area contributed by atoms with Crippen LogP contribution in [0.1, 0.15) is 5.56 Å². The summed E-state index contributed by atoms with van der Waals surface area (Å²) in [6, 6.07) is 10.0. The van der Waals surface area contributed by atoms with E-state index in [1.54, 1.807) is 24.3 Å². The maximum atomic E-state index is 12.9. The molecule has 0 aliphatic rings. The van der Waals surface area contributed by atoms with Crippen LogP contribution in [0.15, 0.2) is 47.6 Å². The minimum atomic E-state index is -0.796.